The molecule has 1 N–H and O–H groups in total. The number of likely N-dealkylation sites (N-methyl/N-ethyl adjacent to an activating group) is 1. The van der Waals surface area contributed by atoms with E-state index >= 15 is 0 Å². The quantitative estimate of drug-likeness (QED) is 0.0780. The molecule has 15 rings (SSSR count). The van der Waals surface area contributed by atoms with Gasteiger partial charge in [-0.25, -0.2) is 48.0 Å². The summed E-state index contributed by atoms with van der Waals surface area (Å²) in [5.74, 6) is 1.77. The number of piperidine rings is 1. The molecule has 0 atom stereocenters. The molecule has 6 heterocycles. The first-order valence-electron chi connectivity index (χ1n) is 39.1. The number of aromatic nitrogens is 2. The minimum Gasteiger partial charge on any atom is -0.454 e. The number of nitrogens with zero attached hydrogens (tertiary/aromatic N) is 13. The normalized spacial score (nSPS) is 17.0. The number of hydrogen-bond donors (Lipinski definition) is 1. The minimum absolute atomic E-state index is 0.0250. The van der Waals surface area contributed by atoms with Crippen LogP contribution in [0, 0.1) is 52.2 Å². The molecule has 4 saturated heterocycles. The number of piperazine rings is 2. The van der Waals surface area contributed by atoms with Crippen molar-refractivity contribution in [1.82, 2.24) is 46.8 Å². The largest absolute Gasteiger partial charge is 0.454 e. The molecule has 0 spiro atoms. The van der Waals surface area contributed by atoms with Crippen LogP contribution in [0.15, 0.2) is 165 Å². The summed E-state index contributed by atoms with van der Waals surface area (Å²) >= 11 is 55.0. The molecule has 1 saturated carbocycles. The number of carbonyl (C=O) groups excluding carboxylic acids is 1. The molecule has 0 bridgehead atoms. The fourth-order valence-corrected chi connectivity index (χ4v) is 22.7. The van der Waals surface area contributed by atoms with Gasteiger partial charge in [0, 0.05) is 142 Å². The zero-order chi connectivity index (χ0) is 89.0. The minimum atomic E-state index is -4.04. The fourth-order valence-electron chi connectivity index (χ4n) is 14.8. The van der Waals surface area contributed by atoms with Gasteiger partial charge in [0.2, 0.25) is 40.1 Å². The molecule has 1 aliphatic carbocycles. The van der Waals surface area contributed by atoms with Crippen LogP contribution in [0.25, 0.3) is 0 Å². The molecule has 652 valence electrons. The predicted octanol–water partition coefficient (Wildman–Crippen LogP) is 18.4. The SMILES string of the molecule is CN1CCCN(S(=O)(=O)c2cc(C#N)ccc2Oc2cc(Cl)ccc2Cl)CC1.Cc1nc(Cl)c2n1C(=O)N(C1CCN(S(=O)(=O)c3cc(C#N)ccc3Oc3cc(Cl)ccc3Cl)CC1)C2.N#Cc1ccc(Oc2cc(Cl)ccc2Cl)c(S(=O)(=O)N2CCN(C3CCCCCC3)CC2)c1.N#Cc1ccc(Oc2cc(Cl)ccc2Cl)c(S(=O)(=O)N2CCNCC2)c1. The van der Waals surface area contributed by atoms with E-state index in [-0.39, 0.29) is 118 Å². The van der Waals surface area contributed by atoms with Crippen LogP contribution in [-0.2, 0) is 46.6 Å². The summed E-state index contributed by atoms with van der Waals surface area (Å²) in [4.78, 5) is 23.0. The Morgan fingerprint density at radius 3 is 1.07 bits per heavy atom. The van der Waals surface area contributed by atoms with Gasteiger partial charge >= 0.3 is 6.03 Å². The van der Waals surface area contributed by atoms with Crippen LogP contribution >= 0.6 is 104 Å². The van der Waals surface area contributed by atoms with Crippen molar-refractivity contribution in [3.63, 3.8) is 0 Å². The van der Waals surface area contributed by atoms with Crippen LogP contribution < -0.4 is 24.3 Å². The lowest BCUT2D eigenvalue weighted by Crippen LogP contribution is -2.51. The van der Waals surface area contributed by atoms with Crippen molar-refractivity contribution >= 4 is 151 Å². The number of carbonyl (C=O) groups is 1. The van der Waals surface area contributed by atoms with Gasteiger partial charge in [-0.3, -0.25) is 4.90 Å². The summed E-state index contributed by atoms with van der Waals surface area (Å²) in [7, 11) is -13.6. The molecule has 124 heavy (non-hydrogen) atoms. The maximum atomic E-state index is 13.7. The van der Waals surface area contributed by atoms with Crippen LogP contribution in [0.3, 0.4) is 0 Å². The van der Waals surface area contributed by atoms with E-state index in [9.17, 15) is 54.3 Å². The number of fused-ring (bicyclic) bond motifs is 1. The number of ether oxygens (including phenoxy) is 4. The molecule has 5 aliphatic heterocycles. The van der Waals surface area contributed by atoms with E-state index < -0.39 is 40.1 Å². The number of halogens is 9. The maximum absolute atomic E-state index is 13.7. The third-order valence-electron chi connectivity index (χ3n) is 21.3. The topological polar surface area (TPSA) is 338 Å². The zero-order valence-electron chi connectivity index (χ0n) is 66.6. The van der Waals surface area contributed by atoms with Crippen molar-refractivity contribution in [3.8, 4) is 70.3 Å². The second-order valence-corrected chi connectivity index (χ2v) is 40.7. The van der Waals surface area contributed by atoms with Crippen molar-refractivity contribution in [2.45, 2.75) is 103 Å². The Bertz CT molecular complexity index is 6150. The van der Waals surface area contributed by atoms with E-state index in [1.807, 2.05) is 31.3 Å². The first-order valence-corrected chi connectivity index (χ1v) is 48.2. The number of benzene rings is 8. The molecule has 8 aromatic carbocycles. The van der Waals surface area contributed by atoms with Gasteiger partial charge in [0.05, 0.1) is 78.9 Å². The average Bonchev–Trinajstić information content (AvgIpc) is 1.59. The lowest BCUT2D eigenvalue weighted by molar-refractivity contribution is 0.126. The van der Waals surface area contributed by atoms with Gasteiger partial charge in [-0.2, -0.15) is 38.3 Å². The smallest absolute Gasteiger partial charge is 0.330 e. The molecule has 0 unspecified atom stereocenters. The number of aryl methyl sites for hydroxylation is 1. The molecule has 1 amide bonds. The third kappa shape index (κ3) is 22.8. The maximum Gasteiger partial charge on any atom is 0.330 e. The summed E-state index contributed by atoms with van der Waals surface area (Å²) in [5.41, 5.74) is 1.52. The number of imidazole rings is 1. The van der Waals surface area contributed by atoms with Gasteiger partial charge in [0.1, 0.15) is 71.4 Å². The fraction of sp³-hybridized carbons (Fsp3) is 0.333. The van der Waals surface area contributed by atoms with Crippen LogP contribution in [-0.4, -0.2) is 192 Å². The Morgan fingerprint density at radius 1 is 0.379 bits per heavy atom. The standard InChI is InChI=1S/C24H20Cl3N5O4S.C24H27Cl2N3O3S.C19H19Cl2N3O3S.C17H15Cl2N3O3S/c1-14-29-23(27)19-13-31(24(33)32(14)19)17-6-8-30(9-7-17)37(34,35)22-10-15(12-28)2-5-20(22)36-21-11-16(25)3-4-18(21)26;25-19-8-9-21(26)23(16-19)32-22-10-7-18(17-27)15-24(22)33(30,31)29-13-11-28(12-14-29)20-5-3-1-2-4-6-20;1-23-7-2-8-24(10-9-23)28(25,26)19-11-14(13-22)3-6-17(19)27-18-12-15(20)4-5-16(18)21;18-13-2-3-14(19)16(10-13)25-15-4-1-12(11-20)9-17(15)26(23,24)22-7-5-21-6-8-22/h2-5,10-11,17H,6-9,13H2,1H3;7-10,15-16,20H,1-6,11-14H2;3-6,11-12H,2,7-10H2,1H3;1-4,9-10,21H,5-8H2. The highest BCUT2D eigenvalue weighted by Crippen LogP contribution is 2.43. The van der Waals surface area contributed by atoms with E-state index in [1.165, 1.54) is 157 Å². The Hall–Kier alpha value is -8.27. The summed E-state index contributed by atoms with van der Waals surface area (Å²) in [5, 5.41) is 43.3. The van der Waals surface area contributed by atoms with Gasteiger partial charge in [-0.05, 0) is 174 Å². The second-order valence-electron chi connectivity index (χ2n) is 29.4. The van der Waals surface area contributed by atoms with E-state index in [1.54, 1.807) is 60.4 Å². The van der Waals surface area contributed by atoms with Crippen molar-refractivity contribution in [2.75, 3.05) is 98.7 Å². The highest BCUT2D eigenvalue weighted by Gasteiger charge is 2.42. The molecular weight excluding hydrogens is 1860 g/mol. The number of hydrogen-bond acceptors (Lipinski definition) is 21. The first kappa shape index (κ1) is 94.9. The Balaban J connectivity index is 0.000000152. The van der Waals surface area contributed by atoms with Gasteiger partial charge in [-0.15, -0.1) is 0 Å². The lowest BCUT2D eigenvalue weighted by atomic mass is 10.1. The Kier molecular flexibility index (Phi) is 32.2. The average molecular weight is 1940 g/mol. The van der Waals surface area contributed by atoms with Crippen molar-refractivity contribution < 1.29 is 57.4 Å². The van der Waals surface area contributed by atoms with Crippen LogP contribution in [0.4, 0.5) is 4.79 Å². The summed E-state index contributed by atoms with van der Waals surface area (Å²) in [6, 6.07) is 43.9. The molecule has 40 heteroatoms. The van der Waals surface area contributed by atoms with Crippen LogP contribution in [0.5, 0.6) is 46.0 Å². The number of sulfonamides is 4. The van der Waals surface area contributed by atoms with E-state index in [0.717, 1.165) is 13.0 Å². The van der Waals surface area contributed by atoms with Crippen molar-refractivity contribution in [3.05, 3.63) is 225 Å². The van der Waals surface area contributed by atoms with Gasteiger partial charge < -0.3 is 34.1 Å². The van der Waals surface area contributed by atoms with E-state index in [2.05, 4.69) is 20.1 Å². The highest BCUT2D eigenvalue weighted by molar-refractivity contribution is 7.90. The zero-order valence-corrected chi connectivity index (χ0v) is 76.7. The summed E-state index contributed by atoms with van der Waals surface area (Å²) < 4.78 is 138. The molecule has 9 aromatic rings. The number of nitriles is 4. The van der Waals surface area contributed by atoms with Gasteiger partial charge in [0.15, 0.2) is 5.15 Å². The third-order valence-corrected chi connectivity index (χ3v) is 31.5. The Morgan fingerprint density at radius 2 is 0.718 bits per heavy atom. The summed E-state index contributed by atoms with van der Waals surface area (Å²) in [6.45, 7) is 8.70. The molecular formula is C84H81Cl9N14O13S4. The lowest BCUT2D eigenvalue weighted by Gasteiger charge is -2.38. The van der Waals surface area contributed by atoms with Gasteiger partial charge in [-0.1, -0.05) is 130 Å². The van der Waals surface area contributed by atoms with E-state index in [0.29, 0.717) is 149 Å². The highest BCUT2D eigenvalue weighted by atomic mass is 35.5. The van der Waals surface area contributed by atoms with Crippen LogP contribution in [0.2, 0.25) is 45.3 Å². The monoisotopic (exact) mass is 1940 g/mol. The predicted molar refractivity (Wildman–Crippen MR) is 475 cm³/mol. The molecule has 5 fully saturated rings. The van der Waals surface area contributed by atoms with Gasteiger partial charge in [0.25, 0.3) is 0 Å². The van der Waals surface area contributed by atoms with Crippen LogP contribution in [0.1, 0.15) is 91.6 Å². The van der Waals surface area contributed by atoms with Crippen molar-refractivity contribution in [2.24, 2.45) is 0 Å². The number of amides is 1. The Labute approximate surface area is 765 Å². The van der Waals surface area contributed by atoms with E-state index in [4.69, 9.17) is 129 Å². The molecule has 6 aliphatic rings. The first-order chi connectivity index (χ1) is 59.2. The summed E-state index contributed by atoms with van der Waals surface area (Å²) in [6.07, 6.45) is 9.06. The molecule has 27 nitrogen and oxygen atoms in total. The van der Waals surface area contributed by atoms with Crippen molar-refractivity contribution in [1.29, 1.82) is 21.0 Å². The number of nitrogens with one attached hydrogen (secondary N) is 1. The molecule has 0 radical (unpaired) electrons. The molecule has 1 aromatic heterocycles. The number of rotatable bonds is 18. The second kappa shape index (κ2) is 42.1.